The second-order valence-electron chi connectivity index (χ2n) is 7.61. The van der Waals surface area contributed by atoms with E-state index in [4.69, 9.17) is 13.9 Å². The number of ether oxygens (including phenoxy) is 2. The molecular weight excluding hydrogens is 304 g/mol. The molecule has 134 valence electrons. The van der Waals surface area contributed by atoms with Gasteiger partial charge in [-0.15, -0.1) is 0 Å². The first kappa shape index (κ1) is 16.6. The van der Waals surface area contributed by atoms with Crippen LogP contribution in [0.3, 0.4) is 0 Å². The molecule has 1 spiro atoms. The van der Waals surface area contributed by atoms with Crippen molar-refractivity contribution in [1.29, 1.82) is 0 Å². The molecule has 0 N–H and O–H groups in total. The molecule has 1 atom stereocenters. The lowest BCUT2D eigenvalue weighted by Crippen LogP contribution is -2.57. The molecule has 3 fully saturated rings. The lowest BCUT2D eigenvalue weighted by molar-refractivity contribution is -0.141. The van der Waals surface area contributed by atoms with Crippen LogP contribution < -0.4 is 0 Å². The molecule has 0 saturated carbocycles. The smallest absolute Gasteiger partial charge is 0.117 e. The summed E-state index contributed by atoms with van der Waals surface area (Å²) < 4.78 is 17.7. The summed E-state index contributed by atoms with van der Waals surface area (Å²) in [6.45, 7) is 8.09. The summed E-state index contributed by atoms with van der Waals surface area (Å²) in [6, 6.07) is 4.03. The highest BCUT2D eigenvalue weighted by molar-refractivity contribution is 5.00. The quantitative estimate of drug-likeness (QED) is 0.846. The number of furan rings is 1. The van der Waals surface area contributed by atoms with Crippen LogP contribution in [-0.4, -0.2) is 67.4 Å². The molecule has 0 aromatic carbocycles. The summed E-state index contributed by atoms with van der Waals surface area (Å²) >= 11 is 0. The van der Waals surface area contributed by atoms with Crippen LogP contribution in [0.2, 0.25) is 0 Å². The first-order valence-electron chi connectivity index (χ1n) is 9.54. The van der Waals surface area contributed by atoms with Crippen LogP contribution in [0.5, 0.6) is 0 Å². The summed E-state index contributed by atoms with van der Waals surface area (Å²) in [4.78, 5) is 5.07. The fourth-order valence-corrected chi connectivity index (χ4v) is 4.37. The Morgan fingerprint density at radius 3 is 2.75 bits per heavy atom. The highest BCUT2D eigenvalue weighted by Crippen LogP contribution is 2.31. The molecule has 1 aromatic rings. The van der Waals surface area contributed by atoms with Gasteiger partial charge in [0.1, 0.15) is 5.76 Å². The van der Waals surface area contributed by atoms with E-state index in [0.29, 0.717) is 6.10 Å². The average molecular weight is 334 g/mol. The first-order valence-corrected chi connectivity index (χ1v) is 9.54. The van der Waals surface area contributed by atoms with E-state index in [0.717, 1.165) is 71.1 Å². The van der Waals surface area contributed by atoms with E-state index < -0.39 is 0 Å². The van der Waals surface area contributed by atoms with Crippen molar-refractivity contribution in [2.75, 3.05) is 45.9 Å². The Hall–Kier alpha value is -0.880. The highest BCUT2D eigenvalue weighted by Gasteiger charge is 2.40. The number of hydrogen-bond acceptors (Lipinski definition) is 5. The first-order chi connectivity index (χ1) is 11.8. The van der Waals surface area contributed by atoms with E-state index in [1.807, 2.05) is 6.07 Å². The van der Waals surface area contributed by atoms with Crippen molar-refractivity contribution in [3.63, 3.8) is 0 Å². The molecule has 3 aliphatic heterocycles. The number of piperidine rings is 1. The predicted octanol–water partition coefficient (Wildman–Crippen LogP) is 2.52. The third kappa shape index (κ3) is 4.02. The number of nitrogens with zero attached hydrogens (tertiary/aromatic N) is 2. The van der Waals surface area contributed by atoms with E-state index in [-0.39, 0.29) is 5.60 Å². The van der Waals surface area contributed by atoms with Gasteiger partial charge in [0.05, 0.1) is 31.1 Å². The van der Waals surface area contributed by atoms with Gasteiger partial charge in [0, 0.05) is 39.3 Å². The van der Waals surface area contributed by atoms with Crippen LogP contribution in [0, 0.1) is 0 Å². The van der Waals surface area contributed by atoms with Gasteiger partial charge in [-0.25, -0.2) is 0 Å². The van der Waals surface area contributed by atoms with E-state index in [2.05, 4.69) is 15.9 Å². The molecule has 0 radical (unpaired) electrons. The monoisotopic (exact) mass is 334 g/mol. The highest BCUT2D eigenvalue weighted by atomic mass is 16.5. The van der Waals surface area contributed by atoms with Crippen molar-refractivity contribution in [2.24, 2.45) is 0 Å². The van der Waals surface area contributed by atoms with E-state index in [1.165, 1.54) is 19.3 Å². The second kappa shape index (κ2) is 7.56. The zero-order chi connectivity index (χ0) is 16.2. The Morgan fingerprint density at radius 1 is 1.08 bits per heavy atom. The number of hydrogen-bond donors (Lipinski definition) is 0. The number of morpholine rings is 1. The summed E-state index contributed by atoms with van der Waals surface area (Å²) in [7, 11) is 0. The Kier molecular flexibility index (Phi) is 5.22. The zero-order valence-electron chi connectivity index (χ0n) is 14.6. The molecular formula is C19H30N2O3. The fourth-order valence-electron chi connectivity index (χ4n) is 4.37. The Bertz CT molecular complexity index is 491. The maximum Gasteiger partial charge on any atom is 0.117 e. The molecule has 24 heavy (non-hydrogen) atoms. The summed E-state index contributed by atoms with van der Waals surface area (Å²) in [5.74, 6) is 1.05. The largest absolute Gasteiger partial charge is 0.468 e. The molecule has 5 nitrogen and oxygen atoms in total. The normalized spacial score (nSPS) is 29.1. The van der Waals surface area contributed by atoms with Crippen LogP contribution in [0.1, 0.15) is 37.9 Å². The molecule has 0 aliphatic carbocycles. The third-order valence-electron chi connectivity index (χ3n) is 5.79. The lowest BCUT2D eigenvalue weighted by atomic mass is 9.89. The van der Waals surface area contributed by atoms with Gasteiger partial charge >= 0.3 is 0 Å². The third-order valence-corrected chi connectivity index (χ3v) is 5.79. The molecule has 4 heterocycles. The van der Waals surface area contributed by atoms with Crippen molar-refractivity contribution in [1.82, 2.24) is 9.80 Å². The van der Waals surface area contributed by atoms with Gasteiger partial charge in [0.25, 0.3) is 0 Å². The Labute approximate surface area is 144 Å². The zero-order valence-corrected chi connectivity index (χ0v) is 14.6. The molecule has 3 saturated heterocycles. The van der Waals surface area contributed by atoms with Crippen molar-refractivity contribution in [2.45, 2.75) is 50.4 Å². The van der Waals surface area contributed by atoms with Crippen molar-refractivity contribution in [3.05, 3.63) is 24.2 Å². The van der Waals surface area contributed by atoms with E-state index in [9.17, 15) is 0 Å². The van der Waals surface area contributed by atoms with Crippen LogP contribution in [0.15, 0.2) is 22.8 Å². The van der Waals surface area contributed by atoms with Gasteiger partial charge in [-0.1, -0.05) is 0 Å². The molecule has 1 unspecified atom stereocenters. The minimum absolute atomic E-state index is 0.0504. The predicted molar refractivity (Wildman–Crippen MR) is 91.9 cm³/mol. The van der Waals surface area contributed by atoms with Gasteiger partial charge in [-0.3, -0.25) is 4.90 Å². The van der Waals surface area contributed by atoms with E-state index >= 15 is 0 Å². The van der Waals surface area contributed by atoms with Crippen molar-refractivity contribution in [3.8, 4) is 0 Å². The Balaban J connectivity index is 1.27. The molecule has 3 aliphatic rings. The maximum atomic E-state index is 6.26. The van der Waals surface area contributed by atoms with Crippen LogP contribution >= 0.6 is 0 Å². The van der Waals surface area contributed by atoms with Crippen molar-refractivity contribution >= 4 is 0 Å². The topological polar surface area (TPSA) is 38.1 Å². The molecule has 5 heteroatoms. The van der Waals surface area contributed by atoms with Gasteiger partial charge in [0.2, 0.25) is 0 Å². The maximum absolute atomic E-state index is 6.26. The number of rotatable bonds is 4. The van der Waals surface area contributed by atoms with E-state index in [1.54, 1.807) is 6.26 Å². The van der Waals surface area contributed by atoms with Gasteiger partial charge in [-0.2, -0.15) is 0 Å². The SMILES string of the molecule is c1coc(CN2CCOC3(CCN(CC4CCCCO4)CC3)C2)c1. The van der Waals surface area contributed by atoms with Gasteiger partial charge in [0.15, 0.2) is 0 Å². The summed E-state index contributed by atoms with van der Waals surface area (Å²) in [5.41, 5.74) is 0.0504. The molecule has 0 bridgehead atoms. The summed E-state index contributed by atoms with van der Waals surface area (Å²) in [6.07, 6.45) is 8.28. The standard InChI is InChI=1S/C19H30N2O3/c1-2-11-22-17(4-1)14-20-8-6-19(7-9-20)16-21(10-13-24-19)15-18-5-3-12-23-18/h3,5,12,17H,1-2,4,6-11,13-16H2. The van der Waals surface area contributed by atoms with Crippen LogP contribution in [0.25, 0.3) is 0 Å². The van der Waals surface area contributed by atoms with Gasteiger partial charge < -0.3 is 18.8 Å². The van der Waals surface area contributed by atoms with Crippen LogP contribution in [-0.2, 0) is 16.0 Å². The number of likely N-dealkylation sites (tertiary alicyclic amines) is 1. The van der Waals surface area contributed by atoms with Crippen LogP contribution in [0.4, 0.5) is 0 Å². The molecule has 4 rings (SSSR count). The summed E-state index contributed by atoms with van der Waals surface area (Å²) in [5, 5.41) is 0. The second-order valence-corrected chi connectivity index (χ2v) is 7.61. The lowest BCUT2D eigenvalue weighted by Gasteiger charge is -2.47. The Morgan fingerprint density at radius 2 is 2.00 bits per heavy atom. The van der Waals surface area contributed by atoms with Gasteiger partial charge in [-0.05, 0) is 44.2 Å². The molecule has 1 aromatic heterocycles. The minimum Gasteiger partial charge on any atom is -0.468 e. The average Bonchev–Trinajstić information content (AvgIpc) is 3.11. The minimum atomic E-state index is 0.0504. The fraction of sp³-hybridized carbons (Fsp3) is 0.789. The molecule has 0 amide bonds. The van der Waals surface area contributed by atoms with Crippen molar-refractivity contribution < 1.29 is 13.9 Å².